The highest BCUT2D eigenvalue weighted by molar-refractivity contribution is 5.33. The zero-order valence-corrected chi connectivity index (χ0v) is 16.8. The van der Waals surface area contributed by atoms with Crippen LogP contribution in [0.25, 0.3) is 0 Å². The van der Waals surface area contributed by atoms with Crippen molar-refractivity contribution < 1.29 is 0 Å². The van der Waals surface area contributed by atoms with Gasteiger partial charge in [-0.15, -0.1) is 0 Å². The molecule has 2 aromatic carbocycles. The topological polar surface area (TPSA) is 48.5 Å². The SMILES string of the molecule is CN=NC(CCCC(C#N)(c1ccccc1)C(C)C)CCc1ccccc1. The number of aryl methyl sites for hydroxylation is 1. The maximum Gasteiger partial charge on any atom is 0.0845 e. The Kier molecular flexibility index (Phi) is 8.20. The van der Waals surface area contributed by atoms with Crippen LogP contribution in [0.3, 0.4) is 0 Å². The van der Waals surface area contributed by atoms with E-state index < -0.39 is 5.41 Å². The molecule has 0 saturated carbocycles. The van der Waals surface area contributed by atoms with Crippen LogP contribution in [0, 0.1) is 17.2 Å². The number of nitriles is 1. The Labute approximate surface area is 164 Å². The summed E-state index contributed by atoms with van der Waals surface area (Å²) < 4.78 is 0. The van der Waals surface area contributed by atoms with Gasteiger partial charge in [-0.25, -0.2) is 0 Å². The average Bonchev–Trinajstić information content (AvgIpc) is 2.70. The quantitative estimate of drug-likeness (QED) is 0.454. The third-order valence-corrected chi connectivity index (χ3v) is 5.47. The second kappa shape index (κ2) is 10.6. The summed E-state index contributed by atoms with van der Waals surface area (Å²) in [6.07, 6.45) is 4.79. The summed E-state index contributed by atoms with van der Waals surface area (Å²) >= 11 is 0. The summed E-state index contributed by atoms with van der Waals surface area (Å²) in [4.78, 5) is 0. The van der Waals surface area contributed by atoms with Crippen LogP contribution in [0.2, 0.25) is 0 Å². The summed E-state index contributed by atoms with van der Waals surface area (Å²) in [7, 11) is 1.74. The average molecular weight is 362 g/mol. The molecule has 0 aromatic heterocycles. The molecule has 2 unspecified atom stereocenters. The minimum absolute atomic E-state index is 0.217. The van der Waals surface area contributed by atoms with Gasteiger partial charge < -0.3 is 0 Å². The molecule has 3 nitrogen and oxygen atoms in total. The Morgan fingerprint density at radius 3 is 2.15 bits per heavy atom. The first-order valence-electron chi connectivity index (χ1n) is 9.92. The number of hydrogen-bond acceptors (Lipinski definition) is 3. The predicted octanol–water partition coefficient (Wildman–Crippen LogP) is 6.36. The van der Waals surface area contributed by atoms with E-state index in [9.17, 15) is 5.26 Å². The van der Waals surface area contributed by atoms with Crippen molar-refractivity contribution in [2.45, 2.75) is 57.4 Å². The first-order chi connectivity index (χ1) is 13.1. The Hall–Kier alpha value is -2.47. The molecule has 0 aliphatic heterocycles. The van der Waals surface area contributed by atoms with Crippen LogP contribution in [0.15, 0.2) is 70.9 Å². The van der Waals surface area contributed by atoms with E-state index in [-0.39, 0.29) is 12.0 Å². The molecule has 142 valence electrons. The minimum atomic E-state index is -0.436. The molecule has 2 rings (SSSR count). The van der Waals surface area contributed by atoms with E-state index in [4.69, 9.17) is 0 Å². The molecule has 0 bridgehead atoms. The van der Waals surface area contributed by atoms with E-state index in [1.165, 1.54) is 5.56 Å². The van der Waals surface area contributed by atoms with Gasteiger partial charge in [-0.3, -0.25) is 0 Å². The van der Waals surface area contributed by atoms with E-state index in [2.05, 4.69) is 66.5 Å². The maximum atomic E-state index is 10.0. The molecule has 2 atom stereocenters. The van der Waals surface area contributed by atoms with Crippen molar-refractivity contribution in [2.24, 2.45) is 16.1 Å². The van der Waals surface area contributed by atoms with Crippen molar-refractivity contribution in [2.75, 3.05) is 7.05 Å². The minimum Gasteiger partial charge on any atom is -0.197 e. The van der Waals surface area contributed by atoms with Gasteiger partial charge in [0.25, 0.3) is 0 Å². The molecule has 0 amide bonds. The van der Waals surface area contributed by atoms with E-state index >= 15 is 0 Å². The summed E-state index contributed by atoms with van der Waals surface area (Å²) in [6.45, 7) is 4.30. The van der Waals surface area contributed by atoms with Crippen molar-refractivity contribution in [3.05, 3.63) is 71.8 Å². The fourth-order valence-corrected chi connectivity index (χ4v) is 3.77. The van der Waals surface area contributed by atoms with Gasteiger partial charge in [-0.2, -0.15) is 15.5 Å². The standard InChI is InChI=1S/C24H31N3/c1-20(2)24(19-25,22-13-8-5-9-14-22)18-10-15-23(27-26-3)17-16-21-11-6-4-7-12-21/h4-9,11-14,20,23H,10,15-18H2,1-3H3. The molecule has 3 heteroatoms. The highest BCUT2D eigenvalue weighted by atomic mass is 15.1. The van der Waals surface area contributed by atoms with Crippen LogP contribution in [-0.4, -0.2) is 13.1 Å². The highest BCUT2D eigenvalue weighted by Crippen LogP contribution is 2.37. The molecule has 0 heterocycles. The van der Waals surface area contributed by atoms with Crippen molar-refractivity contribution in [3.8, 4) is 6.07 Å². The first-order valence-corrected chi connectivity index (χ1v) is 9.92. The van der Waals surface area contributed by atoms with Crippen molar-refractivity contribution in [1.29, 1.82) is 5.26 Å². The van der Waals surface area contributed by atoms with E-state index in [1.54, 1.807) is 7.05 Å². The van der Waals surface area contributed by atoms with Gasteiger partial charge in [0.15, 0.2) is 0 Å². The third kappa shape index (κ3) is 5.76. The lowest BCUT2D eigenvalue weighted by atomic mass is 9.69. The van der Waals surface area contributed by atoms with Gasteiger partial charge in [0.2, 0.25) is 0 Å². The Balaban J connectivity index is 2.00. The molecule has 2 aromatic rings. The smallest absolute Gasteiger partial charge is 0.0845 e. The number of azo groups is 1. The van der Waals surface area contributed by atoms with Gasteiger partial charge in [-0.05, 0) is 49.1 Å². The summed E-state index contributed by atoms with van der Waals surface area (Å²) in [5, 5.41) is 18.5. The zero-order valence-electron chi connectivity index (χ0n) is 16.8. The molecule has 0 spiro atoms. The van der Waals surface area contributed by atoms with Crippen LogP contribution >= 0.6 is 0 Å². The lowest BCUT2D eigenvalue weighted by Gasteiger charge is -2.31. The molecule has 0 aliphatic rings. The molecule has 0 fully saturated rings. The molecule has 0 saturated heterocycles. The fourth-order valence-electron chi connectivity index (χ4n) is 3.77. The monoisotopic (exact) mass is 361 g/mol. The van der Waals surface area contributed by atoms with Crippen LogP contribution in [0.5, 0.6) is 0 Å². The van der Waals surface area contributed by atoms with Gasteiger partial charge in [-0.1, -0.05) is 74.5 Å². The Bertz CT molecular complexity index is 731. The largest absolute Gasteiger partial charge is 0.197 e. The van der Waals surface area contributed by atoms with Crippen LogP contribution in [-0.2, 0) is 11.8 Å². The van der Waals surface area contributed by atoms with E-state index in [0.717, 1.165) is 37.7 Å². The molecule has 27 heavy (non-hydrogen) atoms. The van der Waals surface area contributed by atoms with E-state index in [0.29, 0.717) is 0 Å². The van der Waals surface area contributed by atoms with Gasteiger partial charge in [0.05, 0.1) is 17.5 Å². The van der Waals surface area contributed by atoms with Crippen LogP contribution in [0.1, 0.15) is 50.7 Å². The van der Waals surface area contributed by atoms with Gasteiger partial charge in [0.1, 0.15) is 0 Å². The van der Waals surface area contributed by atoms with Crippen LogP contribution in [0.4, 0.5) is 0 Å². The lowest BCUT2D eigenvalue weighted by molar-refractivity contribution is 0.347. The van der Waals surface area contributed by atoms with Crippen LogP contribution < -0.4 is 0 Å². The number of rotatable bonds is 10. The van der Waals surface area contributed by atoms with Gasteiger partial charge in [0, 0.05) is 7.05 Å². The second-order valence-electron chi connectivity index (χ2n) is 7.49. The second-order valence-corrected chi connectivity index (χ2v) is 7.49. The number of nitrogens with zero attached hydrogens (tertiary/aromatic N) is 3. The highest BCUT2D eigenvalue weighted by Gasteiger charge is 2.35. The summed E-state index contributed by atoms with van der Waals surface area (Å²) in [5.74, 6) is 0.264. The van der Waals surface area contributed by atoms with Crippen molar-refractivity contribution in [1.82, 2.24) is 0 Å². The summed E-state index contributed by atoms with van der Waals surface area (Å²) in [6, 6.07) is 23.6. The zero-order chi connectivity index (χ0) is 19.5. The predicted molar refractivity (Wildman–Crippen MR) is 112 cm³/mol. The first kappa shape index (κ1) is 20.8. The van der Waals surface area contributed by atoms with Crippen molar-refractivity contribution >= 4 is 0 Å². The number of hydrogen-bond donors (Lipinski definition) is 0. The normalized spacial score (nSPS) is 14.8. The summed E-state index contributed by atoms with van der Waals surface area (Å²) in [5.41, 5.74) is 2.03. The molecular formula is C24H31N3. The van der Waals surface area contributed by atoms with E-state index in [1.807, 2.05) is 24.3 Å². The third-order valence-electron chi connectivity index (χ3n) is 5.47. The van der Waals surface area contributed by atoms with Crippen molar-refractivity contribution in [3.63, 3.8) is 0 Å². The maximum absolute atomic E-state index is 10.0. The molecule has 0 N–H and O–H groups in total. The molecule has 0 aliphatic carbocycles. The number of benzene rings is 2. The molecular weight excluding hydrogens is 330 g/mol. The molecule has 0 radical (unpaired) electrons. The lowest BCUT2D eigenvalue weighted by Crippen LogP contribution is -2.31. The Morgan fingerprint density at radius 1 is 0.963 bits per heavy atom. The van der Waals surface area contributed by atoms with Gasteiger partial charge >= 0.3 is 0 Å². The fraction of sp³-hybridized carbons (Fsp3) is 0.458. The Morgan fingerprint density at radius 2 is 1.59 bits per heavy atom.